The molecule has 1 aliphatic rings. The molecular formula is C13H13NO4. The third kappa shape index (κ3) is 2.88. The molecule has 1 aliphatic heterocycles. The molecule has 0 radical (unpaired) electrons. The molecule has 0 unspecified atom stereocenters. The average Bonchev–Trinajstić information content (AvgIpc) is 2.40. The highest BCUT2D eigenvalue weighted by atomic mass is 16.5. The van der Waals surface area contributed by atoms with Gasteiger partial charge < -0.3 is 15.2 Å². The van der Waals surface area contributed by atoms with Crippen molar-refractivity contribution in [1.29, 1.82) is 0 Å². The van der Waals surface area contributed by atoms with Crippen LogP contribution in [0.1, 0.15) is 12.0 Å². The highest BCUT2D eigenvalue weighted by Gasteiger charge is 2.24. The number of benzene rings is 1. The molecule has 0 aromatic heterocycles. The van der Waals surface area contributed by atoms with E-state index in [9.17, 15) is 14.7 Å². The SMILES string of the molecule is O=C1CC(C(=O)OCc2ccccc2)=C(O)CN1. The summed E-state index contributed by atoms with van der Waals surface area (Å²) in [5.41, 5.74) is 0.890. The van der Waals surface area contributed by atoms with Gasteiger partial charge >= 0.3 is 5.97 Å². The topological polar surface area (TPSA) is 75.6 Å². The lowest BCUT2D eigenvalue weighted by molar-refractivity contribution is -0.141. The maximum atomic E-state index is 11.7. The van der Waals surface area contributed by atoms with Gasteiger partial charge in [-0.15, -0.1) is 0 Å². The summed E-state index contributed by atoms with van der Waals surface area (Å²) < 4.78 is 5.05. The van der Waals surface area contributed by atoms with Crippen LogP contribution in [0.25, 0.3) is 0 Å². The number of aliphatic hydroxyl groups is 1. The van der Waals surface area contributed by atoms with Crippen molar-refractivity contribution in [2.24, 2.45) is 0 Å². The monoisotopic (exact) mass is 247 g/mol. The number of ether oxygens (including phenoxy) is 1. The fourth-order valence-corrected chi connectivity index (χ4v) is 1.61. The van der Waals surface area contributed by atoms with Crippen LogP contribution in [0.4, 0.5) is 0 Å². The van der Waals surface area contributed by atoms with Gasteiger partial charge in [-0.3, -0.25) is 4.79 Å². The number of esters is 1. The van der Waals surface area contributed by atoms with E-state index in [4.69, 9.17) is 4.74 Å². The van der Waals surface area contributed by atoms with E-state index in [1.165, 1.54) is 0 Å². The molecule has 1 aromatic rings. The second-order valence-electron chi connectivity index (χ2n) is 3.94. The van der Waals surface area contributed by atoms with E-state index >= 15 is 0 Å². The second-order valence-corrected chi connectivity index (χ2v) is 3.94. The molecule has 0 saturated carbocycles. The lowest BCUT2D eigenvalue weighted by Crippen LogP contribution is -2.33. The Balaban J connectivity index is 1.98. The molecule has 0 atom stereocenters. The quantitative estimate of drug-likeness (QED) is 0.783. The third-order valence-corrected chi connectivity index (χ3v) is 2.60. The van der Waals surface area contributed by atoms with Crippen LogP contribution in [0.2, 0.25) is 0 Å². The van der Waals surface area contributed by atoms with Gasteiger partial charge in [-0.2, -0.15) is 0 Å². The molecule has 1 aromatic carbocycles. The van der Waals surface area contributed by atoms with Crippen molar-refractivity contribution in [1.82, 2.24) is 5.32 Å². The van der Waals surface area contributed by atoms with Crippen molar-refractivity contribution in [3.63, 3.8) is 0 Å². The van der Waals surface area contributed by atoms with Crippen LogP contribution >= 0.6 is 0 Å². The molecule has 0 aliphatic carbocycles. The molecule has 0 saturated heterocycles. The van der Waals surface area contributed by atoms with Crippen LogP contribution in [-0.4, -0.2) is 23.5 Å². The summed E-state index contributed by atoms with van der Waals surface area (Å²) in [5.74, 6) is -1.07. The Bertz CT molecular complexity index is 493. The van der Waals surface area contributed by atoms with E-state index in [0.29, 0.717) is 0 Å². The highest BCUT2D eigenvalue weighted by Crippen LogP contribution is 2.14. The number of rotatable bonds is 3. The lowest BCUT2D eigenvalue weighted by atomic mass is 10.1. The number of amides is 1. The predicted octanol–water partition coefficient (Wildman–Crippen LogP) is 1.06. The molecular weight excluding hydrogens is 234 g/mol. The third-order valence-electron chi connectivity index (χ3n) is 2.60. The first-order valence-corrected chi connectivity index (χ1v) is 5.55. The zero-order valence-corrected chi connectivity index (χ0v) is 9.68. The molecule has 5 heteroatoms. The van der Waals surface area contributed by atoms with Gasteiger partial charge in [0.15, 0.2) is 0 Å². The predicted molar refractivity (Wildman–Crippen MR) is 63.5 cm³/mol. The largest absolute Gasteiger partial charge is 0.510 e. The Kier molecular flexibility index (Phi) is 3.62. The van der Waals surface area contributed by atoms with E-state index in [0.717, 1.165) is 5.56 Å². The van der Waals surface area contributed by atoms with E-state index in [2.05, 4.69) is 5.32 Å². The minimum absolute atomic E-state index is 0.0192. The Hall–Kier alpha value is -2.30. The standard InChI is InChI=1S/C13H13NO4/c15-11-7-14-12(16)6-10(11)13(17)18-8-9-4-2-1-3-5-9/h1-5,15H,6-8H2,(H,14,16). The van der Waals surface area contributed by atoms with Crippen molar-refractivity contribution < 1.29 is 19.4 Å². The van der Waals surface area contributed by atoms with Gasteiger partial charge in [0.05, 0.1) is 18.5 Å². The van der Waals surface area contributed by atoms with Crippen molar-refractivity contribution in [3.05, 3.63) is 47.2 Å². The van der Waals surface area contributed by atoms with Crippen LogP contribution in [0.5, 0.6) is 0 Å². The lowest BCUT2D eigenvalue weighted by Gasteiger charge is -2.15. The summed E-state index contributed by atoms with van der Waals surface area (Å²) in [6.07, 6.45) is -0.139. The Morgan fingerprint density at radius 1 is 1.33 bits per heavy atom. The smallest absolute Gasteiger partial charge is 0.338 e. The van der Waals surface area contributed by atoms with Crippen LogP contribution in [0.15, 0.2) is 41.7 Å². The normalized spacial score (nSPS) is 15.2. The van der Waals surface area contributed by atoms with Crippen molar-refractivity contribution in [2.45, 2.75) is 13.0 Å². The molecule has 94 valence electrons. The molecule has 2 N–H and O–H groups in total. The van der Waals surface area contributed by atoms with Crippen molar-refractivity contribution in [3.8, 4) is 0 Å². The summed E-state index contributed by atoms with van der Waals surface area (Å²) in [7, 11) is 0. The minimum Gasteiger partial charge on any atom is -0.510 e. The first-order chi connectivity index (χ1) is 8.66. The number of carbonyl (C=O) groups is 2. The summed E-state index contributed by atoms with van der Waals surface area (Å²) in [6, 6.07) is 9.21. The molecule has 2 rings (SSSR count). The highest BCUT2D eigenvalue weighted by molar-refractivity contribution is 5.97. The first kappa shape index (κ1) is 12.2. The van der Waals surface area contributed by atoms with Gasteiger partial charge in [-0.25, -0.2) is 4.79 Å². The minimum atomic E-state index is -0.647. The number of nitrogens with one attached hydrogen (secondary N) is 1. The van der Waals surface area contributed by atoms with Crippen molar-refractivity contribution >= 4 is 11.9 Å². The molecule has 0 bridgehead atoms. The number of hydrogen-bond donors (Lipinski definition) is 2. The first-order valence-electron chi connectivity index (χ1n) is 5.55. The Morgan fingerprint density at radius 2 is 2.06 bits per heavy atom. The van der Waals surface area contributed by atoms with Crippen molar-refractivity contribution in [2.75, 3.05) is 6.54 Å². The summed E-state index contributed by atoms with van der Waals surface area (Å²) >= 11 is 0. The average molecular weight is 247 g/mol. The van der Waals surface area contributed by atoms with E-state index in [1.54, 1.807) is 0 Å². The van der Waals surface area contributed by atoms with Gasteiger partial charge in [0.1, 0.15) is 12.4 Å². The summed E-state index contributed by atoms with van der Waals surface area (Å²) in [5, 5.41) is 12.0. The fraction of sp³-hybridized carbons (Fsp3) is 0.231. The molecule has 1 heterocycles. The summed E-state index contributed by atoms with van der Waals surface area (Å²) in [4.78, 5) is 22.8. The van der Waals surface area contributed by atoms with Gasteiger partial charge in [0, 0.05) is 0 Å². The maximum absolute atomic E-state index is 11.7. The second kappa shape index (κ2) is 5.35. The van der Waals surface area contributed by atoms with Gasteiger partial charge in [-0.1, -0.05) is 30.3 Å². The Labute approximate surface area is 104 Å². The number of hydrogen-bond acceptors (Lipinski definition) is 4. The van der Waals surface area contributed by atoms with Gasteiger partial charge in [-0.05, 0) is 5.56 Å². The molecule has 0 spiro atoms. The van der Waals surface area contributed by atoms with Crippen LogP contribution in [-0.2, 0) is 20.9 Å². The van der Waals surface area contributed by atoms with Crippen LogP contribution < -0.4 is 5.32 Å². The zero-order chi connectivity index (χ0) is 13.0. The van der Waals surface area contributed by atoms with Gasteiger partial charge in [0.25, 0.3) is 0 Å². The van der Waals surface area contributed by atoms with Crippen LogP contribution in [0, 0.1) is 0 Å². The Morgan fingerprint density at radius 3 is 2.78 bits per heavy atom. The fourth-order valence-electron chi connectivity index (χ4n) is 1.61. The molecule has 18 heavy (non-hydrogen) atoms. The number of aliphatic hydroxyl groups excluding tert-OH is 1. The molecule has 0 fully saturated rings. The number of carbonyl (C=O) groups excluding carboxylic acids is 2. The van der Waals surface area contributed by atoms with Crippen LogP contribution in [0.3, 0.4) is 0 Å². The van der Waals surface area contributed by atoms with E-state index in [-0.39, 0.29) is 36.8 Å². The summed E-state index contributed by atoms with van der Waals surface area (Å²) in [6.45, 7) is 0.104. The molecule has 1 amide bonds. The van der Waals surface area contributed by atoms with E-state index < -0.39 is 5.97 Å². The van der Waals surface area contributed by atoms with Gasteiger partial charge in [0.2, 0.25) is 5.91 Å². The molecule has 5 nitrogen and oxygen atoms in total. The maximum Gasteiger partial charge on any atom is 0.338 e. The van der Waals surface area contributed by atoms with E-state index in [1.807, 2.05) is 30.3 Å². The zero-order valence-electron chi connectivity index (χ0n) is 9.68.